The molecule has 9 heteroatoms. The number of rotatable bonds is 11. The highest BCUT2D eigenvalue weighted by Crippen LogP contribution is 2.33. The van der Waals surface area contributed by atoms with Crippen molar-refractivity contribution in [3.05, 3.63) is 68.5 Å². The molecule has 1 aliphatic rings. The summed E-state index contributed by atoms with van der Waals surface area (Å²) in [7, 11) is 0. The van der Waals surface area contributed by atoms with Gasteiger partial charge in [0.1, 0.15) is 16.7 Å². The second kappa shape index (κ2) is 13.1. The lowest BCUT2D eigenvalue weighted by atomic mass is 10.2. The number of esters is 1. The van der Waals surface area contributed by atoms with E-state index in [1.807, 2.05) is 30.3 Å². The molecule has 0 aromatic heterocycles. The van der Waals surface area contributed by atoms with Gasteiger partial charge in [0.05, 0.1) is 11.5 Å². The number of carbonyl (C=O) groups excluding carboxylic acids is 2. The van der Waals surface area contributed by atoms with Crippen LogP contribution >= 0.6 is 47.2 Å². The predicted molar refractivity (Wildman–Crippen MR) is 142 cm³/mol. The Morgan fingerprint density at radius 1 is 1.09 bits per heavy atom. The summed E-state index contributed by atoms with van der Waals surface area (Å²) in [4.78, 5) is 26.4. The SMILES string of the molecule is CCOC(=O)CCCCCN1C(=O)/C(=C/c2ccc(OCc3c(Cl)cccc3Cl)cc2)SC1=S. The number of amides is 1. The van der Waals surface area contributed by atoms with Crippen LogP contribution in [0.4, 0.5) is 0 Å². The maximum absolute atomic E-state index is 12.8. The molecule has 0 atom stereocenters. The van der Waals surface area contributed by atoms with Gasteiger partial charge in [-0.15, -0.1) is 0 Å². The van der Waals surface area contributed by atoms with Gasteiger partial charge in [-0.3, -0.25) is 14.5 Å². The summed E-state index contributed by atoms with van der Waals surface area (Å²) >= 11 is 19.1. The molecule has 2 aromatic rings. The largest absolute Gasteiger partial charge is 0.489 e. The van der Waals surface area contributed by atoms with Crippen molar-refractivity contribution in [3.8, 4) is 5.75 Å². The standard InChI is InChI=1S/C25H25Cl2NO4S2/c1-2-31-23(29)9-4-3-5-14-28-24(30)22(34-25(28)33)15-17-10-12-18(13-11-17)32-16-19-20(26)7-6-8-21(19)27/h6-8,10-13,15H,2-5,9,14,16H2,1H3/b22-15-. The smallest absolute Gasteiger partial charge is 0.305 e. The first-order valence-corrected chi connectivity index (χ1v) is 12.9. The fourth-order valence-electron chi connectivity index (χ4n) is 3.28. The molecule has 0 spiro atoms. The second-order valence-electron chi connectivity index (χ2n) is 7.51. The number of hydrogen-bond donors (Lipinski definition) is 0. The van der Waals surface area contributed by atoms with Crippen LogP contribution < -0.4 is 4.74 Å². The highest BCUT2D eigenvalue weighted by molar-refractivity contribution is 8.26. The van der Waals surface area contributed by atoms with Gasteiger partial charge in [-0.2, -0.15) is 0 Å². The number of nitrogens with zero attached hydrogens (tertiary/aromatic N) is 1. The Morgan fingerprint density at radius 2 is 1.79 bits per heavy atom. The lowest BCUT2D eigenvalue weighted by molar-refractivity contribution is -0.143. The third-order valence-corrected chi connectivity index (χ3v) is 7.15. The molecule has 2 aromatic carbocycles. The number of thiocarbonyl (C=S) groups is 1. The Hall–Kier alpha value is -2.06. The topological polar surface area (TPSA) is 55.8 Å². The number of halogens is 2. The van der Waals surface area contributed by atoms with Crippen LogP contribution in [0, 0.1) is 0 Å². The molecule has 1 aliphatic heterocycles. The van der Waals surface area contributed by atoms with E-state index < -0.39 is 0 Å². The fourth-order valence-corrected chi connectivity index (χ4v) is 5.09. The van der Waals surface area contributed by atoms with Gasteiger partial charge in [-0.25, -0.2) is 0 Å². The quantitative estimate of drug-likeness (QED) is 0.134. The molecule has 34 heavy (non-hydrogen) atoms. The Labute approximate surface area is 219 Å². The van der Waals surface area contributed by atoms with Gasteiger partial charge in [0, 0.05) is 28.6 Å². The molecule has 0 aliphatic carbocycles. The molecule has 1 fully saturated rings. The van der Waals surface area contributed by atoms with Crippen LogP contribution in [0.3, 0.4) is 0 Å². The maximum atomic E-state index is 12.8. The van der Waals surface area contributed by atoms with Crippen molar-refractivity contribution in [1.29, 1.82) is 0 Å². The molecule has 1 heterocycles. The van der Waals surface area contributed by atoms with E-state index in [9.17, 15) is 9.59 Å². The van der Waals surface area contributed by atoms with Crippen LogP contribution in [-0.2, 0) is 20.9 Å². The van der Waals surface area contributed by atoms with Gasteiger partial charge in [0.15, 0.2) is 0 Å². The molecule has 5 nitrogen and oxygen atoms in total. The number of benzene rings is 2. The van der Waals surface area contributed by atoms with Crippen molar-refractivity contribution in [2.75, 3.05) is 13.2 Å². The normalized spacial score (nSPS) is 14.7. The van der Waals surface area contributed by atoms with Gasteiger partial charge >= 0.3 is 5.97 Å². The first-order chi connectivity index (χ1) is 16.4. The third kappa shape index (κ3) is 7.47. The first kappa shape index (κ1) is 26.5. The molecule has 1 amide bonds. The lowest BCUT2D eigenvalue weighted by Gasteiger charge is -2.14. The van der Waals surface area contributed by atoms with Crippen LogP contribution in [-0.4, -0.2) is 34.2 Å². The zero-order valence-corrected chi connectivity index (χ0v) is 21.9. The number of hydrogen-bond acceptors (Lipinski definition) is 6. The highest BCUT2D eigenvalue weighted by atomic mass is 35.5. The second-order valence-corrected chi connectivity index (χ2v) is 10.00. The average Bonchev–Trinajstić information content (AvgIpc) is 3.07. The maximum Gasteiger partial charge on any atom is 0.305 e. The molecule has 0 unspecified atom stereocenters. The van der Waals surface area contributed by atoms with E-state index >= 15 is 0 Å². The molecular weight excluding hydrogens is 513 g/mol. The van der Waals surface area contributed by atoms with E-state index in [0.29, 0.717) is 44.6 Å². The molecule has 0 N–H and O–H groups in total. The number of ether oxygens (including phenoxy) is 2. The predicted octanol–water partition coefficient (Wildman–Crippen LogP) is 6.90. The van der Waals surface area contributed by atoms with Gasteiger partial charge < -0.3 is 9.47 Å². The Kier molecular flexibility index (Phi) is 10.3. The van der Waals surface area contributed by atoms with Crippen molar-refractivity contribution in [2.24, 2.45) is 0 Å². The van der Waals surface area contributed by atoms with Crippen molar-refractivity contribution in [2.45, 2.75) is 39.2 Å². The van der Waals surface area contributed by atoms with E-state index in [2.05, 4.69) is 0 Å². The van der Waals surface area contributed by atoms with E-state index in [-0.39, 0.29) is 18.5 Å². The summed E-state index contributed by atoms with van der Waals surface area (Å²) < 4.78 is 11.3. The Morgan fingerprint density at radius 3 is 2.47 bits per heavy atom. The highest BCUT2D eigenvalue weighted by Gasteiger charge is 2.31. The van der Waals surface area contributed by atoms with Gasteiger partial charge in [-0.1, -0.05) is 71.8 Å². The van der Waals surface area contributed by atoms with Crippen molar-refractivity contribution in [1.82, 2.24) is 4.90 Å². The monoisotopic (exact) mass is 537 g/mol. The van der Waals surface area contributed by atoms with E-state index in [4.69, 9.17) is 44.9 Å². The summed E-state index contributed by atoms with van der Waals surface area (Å²) in [5.41, 5.74) is 1.61. The minimum Gasteiger partial charge on any atom is -0.489 e. The average molecular weight is 539 g/mol. The number of carbonyl (C=O) groups is 2. The first-order valence-electron chi connectivity index (χ1n) is 11.0. The van der Waals surface area contributed by atoms with Gasteiger partial charge in [0.2, 0.25) is 0 Å². The van der Waals surface area contributed by atoms with Crippen LogP contribution in [0.25, 0.3) is 6.08 Å². The molecule has 1 saturated heterocycles. The van der Waals surface area contributed by atoms with E-state index in [1.54, 1.807) is 30.0 Å². The van der Waals surface area contributed by atoms with Crippen LogP contribution in [0.15, 0.2) is 47.4 Å². The van der Waals surface area contributed by atoms with E-state index in [0.717, 1.165) is 30.4 Å². The van der Waals surface area contributed by atoms with Crippen molar-refractivity contribution >= 4 is 69.5 Å². The third-order valence-electron chi connectivity index (χ3n) is 5.06. The van der Waals surface area contributed by atoms with E-state index in [1.165, 1.54) is 11.8 Å². The molecular formula is C25H25Cl2NO4S2. The summed E-state index contributed by atoms with van der Waals surface area (Å²) in [6, 6.07) is 12.8. The van der Waals surface area contributed by atoms with Crippen molar-refractivity contribution < 1.29 is 19.1 Å². The molecule has 0 radical (unpaired) electrons. The van der Waals surface area contributed by atoms with Crippen LogP contribution in [0.5, 0.6) is 5.75 Å². The summed E-state index contributed by atoms with van der Waals surface area (Å²) in [6.45, 7) is 2.99. The van der Waals surface area contributed by atoms with Crippen LogP contribution in [0.1, 0.15) is 43.7 Å². The fraction of sp³-hybridized carbons (Fsp3) is 0.320. The van der Waals surface area contributed by atoms with Gasteiger partial charge in [-0.05, 0) is 55.7 Å². The molecule has 0 saturated carbocycles. The zero-order chi connectivity index (χ0) is 24.5. The Bertz CT molecular complexity index is 1050. The van der Waals surface area contributed by atoms with Gasteiger partial charge in [0.25, 0.3) is 5.91 Å². The molecule has 180 valence electrons. The summed E-state index contributed by atoms with van der Waals surface area (Å²) in [5, 5.41) is 1.12. The molecule has 0 bridgehead atoms. The lowest BCUT2D eigenvalue weighted by Crippen LogP contribution is -2.29. The number of thioether (sulfide) groups is 1. The summed E-state index contributed by atoms with van der Waals surface area (Å²) in [5.74, 6) is 0.401. The molecule has 3 rings (SSSR count). The van der Waals surface area contributed by atoms with Crippen molar-refractivity contribution in [3.63, 3.8) is 0 Å². The Balaban J connectivity index is 1.51. The number of unbranched alkanes of at least 4 members (excludes halogenated alkanes) is 2. The zero-order valence-electron chi connectivity index (χ0n) is 18.7. The van der Waals surface area contributed by atoms with Crippen LogP contribution in [0.2, 0.25) is 10.0 Å². The minimum atomic E-state index is -0.180. The summed E-state index contributed by atoms with van der Waals surface area (Å²) in [6.07, 6.45) is 4.57. The minimum absolute atomic E-state index is 0.0888.